The van der Waals surface area contributed by atoms with Crippen LogP contribution in [0.25, 0.3) is 0 Å². The summed E-state index contributed by atoms with van der Waals surface area (Å²) in [5, 5.41) is 3.32. The third kappa shape index (κ3) is 4.78. The molecule has 0 aromatic heterocycles. The van der Waals surface area contributed by atoms with Gasteiger partial charge in [-0.1, -0.05) is 98.7 Å². The summed E-state index contributed by atoms with van der Waals surface area (Å²) in [7, 11) is -1.84. The first-order valence-corrected chi connectivity index (χ1v) is 13.5. The van der Waals surface area contributed by atoms with Gasteiger partial charge in [0, 0.05) is 6.04 Å². The number of unbranched alkanes of at least 4 members (excludes halogenated alkanes) is 3. The third-order valence-electron chi connectivity index (χ3n) is 6.38. The molecule has 0 heterocycles. The van der Waals surface area contributed by atoms with Gasteiger partial charge >= 0.3 is 0 Å². The fourth-order valence-corrected chi connectivity index (χ4v) is 8.85. The Labute approximate surface area is 162 Å². The van der Waals surface area contributed by atoms with Gasteiger partial charge in [-0.2, -0.15) is 0 Å². The normalized spacial score (nSPS) is 20.5. The van der Waals surface area contributed by atoms with Gasteiger partial charge in [-0.05, 0) is 43.8 Å². The van der Waals surface area contributed by atoms with Crippen molar-refractivity contribution in [3.8, 4) is 0 Å². The molecule has 1 nitrogen and oxygen atoms in total. The van der Waals surface area contributed by atoms with Gasteiger partial charge in [-0.25, -0.2) is 0 Å². The summed E-state index contributed by atoms with van der Waals surface area (Å²) in [5.41, 5.74) is 1.66. The van der Waals surface area contributed by atoms with Gasteiger partial charge < -0.3 is 4.98 Å². The first-order valence-electron chi connectivity index (χ1n) is 11.0. The van der Waals surface area contributed by atoms with E-state index >= 15 is 0 Å². The average Bonchev–Trinajstić information content (AvgIpc) is 3.16. The van der Waals surface area contributed by atoms with E-state index in [2.05, 4.69) is 60.9 Å². The van der Waals surface area contributed by atoms with Gasteiger partial charge in [-0.15, -0.1) is 0 Å². The van der Waals surface area contributed by atoms with Crippen LogP contribution in [0.3, 0.4) is 0 Å². The summed E-state index contributed by atoms with van der Waals surface area (Å²) in [5.74, 6) is 0. The van der Waals surface area contributed by atoms with Crippen LogP contribution >= 0.6 is 0 Å². The van der Waals surface area contributed by atoms with Crippen molar-refractivity contribution in [2.45, 2.75) is 90.1 Å². The lowest BCUT2D eigenvalue weighted by Crippen LogP contribution is -2.63. The Morgan fingerprint density at radius 1 is 1.00 bits per heavy atom. The molecule has 1 aromatic rings. The first kappa shape index (κ1) is 19.6. The highest BCUT2D eigenvalue weighted by molar-refractivity contribution is 6.95. The van der Waals surface area contributed by atoms with Crippen molar-refractivity contribution in [1.29, 1.82) is 0 Å². The minimum atomic E-state index is -1.84. The summed E-state index contributed by atoms with van der Waals surface area (Å²) in [6.45, 7) is 4.87. The molecular formula is C24H37NSi. The van der Waals surface area contributed by atoms with Gasteiger partial charge in [0.15, 0.2) is 8.24 Å². The van der Waals surface area contributed by atoms with Crippen molar-refractivity contribution in [2.75, 3.05) is 0 Å². The number of nitrogens with one attached hydrogen (secondary N) is 1. The van der Waals surface area contributed by atoms with Crippen LogP contribution in [0, 0.1) is 0 Å². The number of allylic oxidation sites excluding steroid dienone is 4. The number of benzene rings is 1. The molecule has 2 aliphatic rings. The van der Waals surface area contributed by atoms with E-state index in [-0.39, 0.29) is 0 Å². The van der Waals surface area contributed by atoms with Crippen LogP contribution in [-0.2, 0) is 0 Å². The highest BCUT2D eigenvalue weighted by atomic mass is 28.3. The van der Waals surface area contributed by atoms with Crippen LogP contribution in [0.1, 0.15) is 77.6 Å². The number of hydrogen-bond acceptors (Lipinski definition) is 1. The van der Waals surface area contributed by atoms with Crippen molar-refractivity contribution in [3.05, 3.63) is 53.3 Å². The second kappa shape index (κ2) is 9.71. The monoisotopic (exact) mass is 367 g/mol. The average molecular weight is 368 g/mol. The fourth-order valence-electron chi connectivity index (χ4n) is 4.82. The maximum Gasteiger partial charge on any atom is 0.183 e. The molecule has 0 spiro atoms. The van der Waals surface area contributed by atoms with Gasteiger partial charge in [0.05, 0.1) is 0 Å². The first-order chi connectivity index (χ1) is 12.7. The second-order valence-electron chi connectivity index (χ2n) is 8.39. The van der Waals surface area contributed by atoms with Gasteiger partial charge in [0.2, 0.25) is 0 Å². The highest BCUT2D eigenvalue weighted by Crippen LogP contribution is 2.31. The Balaban J connectivity index is 1.84. The summed E-state index contributed by atoms with van der Waals surface area (Å²) in [6, 6.07) is 12.1. The van der Waals surface area contributed by atoms with Crippen molar-refractivity contribution in [2.24, 2.45) is 0 Å². The van der Waals surface area contributed by atoms with Crippen LogP contribution in [0.4, 0.5) is 0 Å². The molecule has 2 aliphatic carbocycles. The van der Waals surface area contributed by atoms with Crippen molar-refractivity contribution in [1.82, 2.24) is 4.98 Å². The topological polar surface area (TPSA) is 12.0 Å². The van der Waals surface area contributed by atoms with E-state index in [4.69, 9.17) is 0 Å². The minimum absolute atomic E-state index is 0.718. The zero-order valence-corrected chi connectivity index (χ0v) is 17.9. The molecule has 1 atom stereocenters. The number of rotatable bonds is 9. The van der Waals surface area contributed by atoms with Crippen LogP contribution in [-0.4, -0.2) is 14.3 Å². The lowest BCUT2D eigenvalue weighted by Gasteiger charge is -2.37. The standard InChI is InChI=1S/C24H37NSi/c1-3-4-5-8-14-21-15-13-20-24(21)26(2,23-18-11-7-12-19-23)25-22-16-9-6-10-17-22/h7,11-13,15,18-19,22,25H,3-6,8-10,14,16-17,20H2,1-2H3. The highest BCUT2D eigenvalue weighted by Gasteiger charge is 2.38. The van der Waals surface area contributed by atoms with Crippen molar-refractivity contribution < 1.29 is 0 Å². The van der Waals surface area contributed by atoms with E-state index in [9.17, 15) is 0 Å². The fraction of sp³-hybridized carbons (Fsp3) is 0.583. The van der Waals surface area contributed by atoms with Crippen LogP contribution in [0.15, 0.2) is 53.3 Å². The van der Waals surface area contributed by atoms with Gasteiger partial charge in [0.1, 0.15) is 0 Å². The zero-order valence-electron chi connectivity index (χ0n) is 16.9. The molecule has 0 aliphatic heterocycles. The molecule has 0 saturated heterocycles. The molecule has 142 valence electrons. The SMILES string of the molecule is CCCCCCC1=C([Si](C)(NC2CCCCC2)c2ccccc2)CC=C1. The Morgan fingerprint density at radius 2 is 1.77 bits per heavy atom. The van der Waals surface area contributed by atoms with Gasteiger partial charge in [-0.3, -0.25) is 0 Å². The lowest BCUT2D eigenvalue weighted by atomic mass is 9.96. The second-order valence-corrected chi connectivity index (χ2v) is 12.1. The summed E-state index contributed by atoms with van der Waals surface area (Å²) in [6.07, 6.45) is 19.7. The molecular weight excluding hydrogens is 330 g/mol. The predicted octanol–water partition coefficient (Wildman–Crippen LogP) is 6.16. The molecule has 0 amide bonds. The predicted molar refractivity (Wildman–Crippen MR) is 117 cm³/mol. The molecule has 0 bridgehead atoms. The molecule has 3 rings (SSSR count). The molecule has 2 heteroatoms. The molecule has 1 N–H and O–H groups in total. The maximum atomic E-state index is 4.26. The Bertz CT molecular complexity index is 612. The van der Waals surface area contributed by atoms with Crippen LogP contribution in [0.2, 0.25) is 6.55 Å². The molecule has 0 radical (unpaired) electrons. The molecule has 1 aromatic carbocycles. The van der Waals surface area contributed by atoms with Gasteiger partial charge in [0.25, 0.3) is 0 Å². The number of hydrogen-bond donors (Lipinski definition) is 1. The smallest absolute Gasteiger partial charge is 0.183 e. The Morgan fingerprint density at radius 3 is 2.50 bits per heavy atom. The minimum Gasteiger partial charge on any atom is -0.328 e. The van der Waals surface area contributed by atoms with Crippen molar-refractivity contribution >= 4 is 13.4 Å². The maximum absolute atomic E-state index is 4.26. The van der Waals surface area contributed by atoms with Crippen molar-refractivity contribution in [3.63, 3.8) is 0 Å². The van der Waals surface area contributed by atoms with E-state index in [1.165, 1.54) is 70.6 Å². The Hall–Kier alpha value is -1.12. The van der Waals surface area contributed by atoms with E-state index in [1.807, 2.05) is 0 Å². The molecule has 26 heavy (non-hydrogen) atoms. The largest absolute Gasteiger partial charge is 0.328 e. The third-order valence-corrected chi connectivity index (χ3v) is 10.6. The lowest BCUT2D eigenvalue weighted by molar-refractivity contribution is 0.415. The summed E-state index contributed by atoms with van der Waals surface area (Å²) < 4.78 is 0. The van der Waals surface area contributed by atoms with E-state index in [0.29, 0.717) is 0 Å². The molecule has 1 fully saturated rings. The van der Waals surface area contributed by atoms with E-state index in [0.717, 1.165) is 6.04 Å². The summed E-state index contributed by atoms with van der Waals surface area (Å²) in [4.78, 5) is 4.26. The van der Waals surface area contributed by atoms with Crippen LogP contribution in [0.5, 0.6) is 0 Å². The van der Waals surface area contributed by atoms with E-state index < -0.39 is 8.24 Å². The quantitative estimate of drug-likeness (QED) is 0.407. The molecule has 1 unspecified atom stereocenters. The zero-order chi connectivity index (χ0) is 18.2. The Kier molecular flexibility index (Phi) is 7.33. The van der Waals surface area contributed by atoms with E-state index in [1.54, 1.807) is 16.0 Å². The van der Waals surface area contributed by atoms with Crippen LogP contribution < -0.4 is 10.2 Å². The molecule has 1 saturated carbocycles. The summed E-state index contributed by atoms with van der Waals surface area (Å²) >= 11 is 0.